The molecule has 222 valence electrons. The van der Waals surface area contributed by atoms with Crippen LogP contribution >= 0.6 is 0 Å². The molecule has 40 heavy (non-hydrogen) atoms. The van der Waals surface area contributed by atoms with E-state index >= 15 is 0 Å². The summed E-state index contributed by atoms with van der Waals surface area (Å²) in [6.45, 7) is 6.20. The quantitative estimate of drug-likeness (QED) is 0.188. The number of rotatable bonds is 9. The molecule has 0 aromatic rings. The highest BCUT2D eigenvalue weighted by atomic mass is 17.3. The van der Waals surface area contributed by atoms with E-state index in [4.69, 9.17) is 28.8 Å². The predicted molar refractivity (Wildman–Crippen MR) is 132 cm³/mol. The molecule has 13 nitrogen and oxygen atoms in total. The van der Waals surface area contributed by atoms with Gasteiger partial charge >= 0.3 is 11.9 Å². The zero-order valence-corrected chi connectivity index (χ0v) is 23.2. The van der Waals surface area contributed by atoms with Crippen LogP contribution in [0, 0.1) is 23.7 Å². The van der Waals surface area contributed by atoms with E-state index in [1.165, 1.54) is 0 Å². The SMILES string of the molecule is C[C@@H]1[C@H](OC(=O)CCC(=O)NCCCC(=O)ON2C(=O)CCC2=O)O[C@H]2O[C@]3(C)CC[C@H]4[C@H](C)CC[C@H]1[C@]24OO3. The summed E-state index contributed by atoms with van der Waals surface area (Å²) < 4.78 is 18.2. The molecule has 0 unspecified atom stereocenters. The van der Waals surface area contributed by atoms with Crippen LogP contribution in [0.4, 0.5) is 0 Å². The highest BCUT2D eigenvalue weighted by molar-refractivity contribution is 6.01. The first-order chi connectivity index (χ1) is 19.0. The molecule has 1 spiro atoms. The fourth-order valence-electron chi connectivity index (χ4n) is 6.76. The number of hydrogen-bond donors (Lipinski definition) is 1. The molecule has 0 aromatic heterocycles. The molecule has 5 aliphatic heterocycles. The Bertz CT molecular complexity index is 1040. The number of nitrogens with zero attached hydrogens (tertiary/aromatic N) is 1. The molecule has 1 aliphatic carbocycles. The van der Waals surface area contributed by atoms with E-state index in [0.29, 0.717) is 17.4 Å². The van der Waals surface area contributed by atoms with Crippen molar-refractivity contribution in [2.24, 2.45) is 23.7 Å². The molecule has 0 aromatic carbocycles. The Balaban J connectivity index is 1.06. The van der Waals surface area contributed by atoms with Crippen molar-refractivity contribution in [2.45, 2.75) is 109 Å². The number of fused-ring (bicyclic) bond motifs is 2. The zero-order chi connectivity index (χ0) is 28.7. The van der Waals surface area contributed by atoms with E-state index in [0.717, 1.165) is 19.3 Å². The molecule has 13 heteroatoms. The van der Waals surface area contributed by atoms with Crippen LogP contribution in [0.25, 0.3) is 0 Å². The Morgan fingerprint density at radius 1 is 0.975 bits per heavy atom. The van der Waals surface area contributed by atoms with Crippen LogP contribution in [0.1, 0.15) is 85.0 Å². The fourth-order valence-corrected chi connectivity index (χ4v) is 6.76. The molecule has 0 radical (unpaired) electrons. The van der Waals surface area contributed by atoms with Crippen molar-refractivity contribution in [3.05, 3.63) is 0 Å². The third-order valence-corrected chi connectivity index (χ3v) is 8.98. The number of hydroxylamine groups is 2. The van der Waals surface area contributed by atoms with Crippen molar-refractivity contribution < 1.29 is 52.8 Å². The Morgan fingerprint density at radius 2 is 1.73 bits per heavy atom. The van der Waals surface area contributed by atoms with Crippen molar-refractivity contribution in [1.29, 1.82) is 0 Å². The normalized spacial score (nSPS) is 38.4. The molecule has 8 atom stereocenters. The molecule has 2 bridgehead atoms. The molecule has 5 heterocycles. The van der Waals surface area contributed by atoms with E-state index in [1.54, 1.807) is 0 Å². The number of imide groups is 1. The van der Waals surface area contributed by atoms with Gasteiger partial charge in [-0.1, -0.05) is 13.8 Å². The van der Waals surface area contributed by atoms with Crippen LogP contribution in [-0.4, -0.2) is 65.2 Å². The van der Waals surface area contributed by atoms with Crippen molar-refractivity contribution in [3.8, 4) is 0 Å². The Hall–Kier alpha value is -2.61. The van der Waals surface area contributed by atoms with E-state index in [-0.39, 0.29) is 68.7 Å². The number of ether oxygens (including phenoxy) is 3. The summed E-state index contributed by atoms with van der Waals surface area (Å²) in [5, 5.41) is 3.12. The molecule has 3 amide bonds. The lowest BCUT2D eigenvalue weighted by Gasteiger charge is -2.59. The third-order valence-electron chi connectivity index (χ3n) is 8.98. The summed E-state index contributed by atoms with van der Waals surface area (Å²) in [7, 11) is 0. The Kier molecular flexibility index (Phi) is 8.20. The van der Waals surface area contributed by atoms with Gasteiger partial charge in [-0.25, -0.2) is 14.6 Å². The maximum absolute atomic E-state index is 12.7. The van der Waals surface area contributed by atoms with Gasteiger partial charge in [-0.3, -0.25) is 19.2 Å². The Labute approximate surface area is 232 Å². The summed E-state index contributed by atoms with van der Waals surface area (Å²) in [4.78, 5) is 76.4. The second-order valence-electron chi connectivity index (χ2n) is 11.8. The lowest BCUT2D eigenvalue weighted by molar-refractivity contribution is -0.576. The van der Waals surface area contributed by atoms with Crippen molar-refractivity contribution in [3.63, 3.8) is 0 Å². The maximum atomic E-state index is 12.7. The second-order valence-corrected chi connectivity index (χ2v) is 11.8. The average Bonchev–Trinajstić information content (AvgIpc) is 3.07. The Morgan fingerprint density at radius 3 is 2.48 bits per heavy atom. The first-order valence-electron chi connectivity index (χ1n) is 14.3. The number of nitrogens with one attached hydrogen (secondary N) is 1. The number of carbonyl (C=O) groups is 5. The number of carbonyl (C=O) groups excluding carboxylic acids is 5. The summed E-state index contributed by atoms with van der Waals surface area (Å²) in [6, 6.07) is 0. The minimum absolute atomic E-state index is 0.0181. The molecule has 1 saturated carbocycles. The van der Waals surface area contributed by atoms with Gasteiger partial charge in [0.15, 0.2) is 11.9 Å². The van der Waals surface area contributed by atoms with E-state index in [1.807, 2.05) is 13.8 Å². The molecule has 5 saturated heterocycles. The number of amides is 3. The molecule has 6 fully saturated rings. The summed E-state index contributed by atoms with van der Waals surface area (Å²) in [5.74, 6) is -3.21. The van der Waals surface area contributed by atoms with Crippen molar-refractivity contribution >= 4 is 29.7 Å². The standard InChI is InChI=1S/C27H38N2O11/c1-15-6-7-18-16(2)24(36-25-27(18)17(15)12-13-26(3,37-25)39-40-27)35-22(33)11-8-19(30)28-14-4-5-23(34)38-29-20(31)9-10-21(29)32/h15-18,24-25H,4-14H2,1-3H3,(H,28,30)/t15-,16+,17+,18-,24-,25+,26+,27+/m1/s1. The molecule has 6 rings (SSSR count). The molecular formula is C27H38N2O11. The van der Waals surface area contributed by atoms with Crippen molar-refractivity contribution in [1.82, 2.24) is 10.4 Å². The number of hydrogen-bond acceptors (Lipinski definition) is 11. The monoisotopic (exact) mass is 566 g/mol. The largest absolute Gasteiger partial charge is 0.435 e. The second kappa shape index (κ2) is 11.3. The van der Waals surface area contributed by atoms with Gasteiger partial charge in [0.25, 0.3) is 11.8 Å². The average molecular weight is 567 g/mol. The topological polar surface area (TPSA) is 156 Å². The van der Waals surface area contributed by atoms with E-state index in [9.17, 15) is 24.0 Å². The van der Waals surface area contributed by atoms with Crippen LogP contribution in [0.2, 0.25) is 0 Å². The van der Waals surface area contributed by atoms with Crippen LogP contribution < -0.4 is 5.32 Å². The maximum Gasteiger partial charge on any atom is 0.333 e. The highest BCUT2D eigenvalue weighted by Gasteiger charge is 2.69. The predicted octanol–water partition coefficient (Wildman–Crippen LogP) is 2.02. The van der Waals surface area contributed by atoms with E-state index < -0.39 is 47.7 Å². The van der Waals surface area contributed by atoms with Gasteiger partial charge in [0.2, 0.25) is 18.0 Å². The van der Waals surface area contributed by atoms with Gasteiger partial charge < -0.3 is 24.4 Å². The van der Waals surface area contributed by atoms with Crippen LogP contribution in [0.5, 0.6) is 0 Å². The van der Waals surface area contributed by atoms with E-state index in [2.05, 4.69) is 12.2 Å². The van der Waals surface area contributed by atoms with Gasteiger partial charge in [0.1, 0.15) is 0 Å². The zero-order valence-electron chi connectivity index (χ0n) is 23.2. The first kappa shape index (κ1) is 28.9. The van der Waals surface area contributed by atoms with Gasteiger partial charge in [0, 0.05) is 50.5 Å². The van der Waals surface area contributed by atoms with Crippen LogP contribution in [0.15, 0.2) is 0 Å². The summed E-state index contributed by atoms with van der Waals surface area (Å²) >= 11 is 0. The molecule has 1 N–H and O–H groups in total. The molecular weight excluding hydrogens is 528 g/mol. The van der Waals surface area contributed by atoms with Gasteiger partial charge in [0.05, 0.1) is 6.42 Å². The van der Waals surface area contributed by atoms with Gasteiger partial charge in [-0.05, 0) is 44.4 Å². The third kappa shape index (κ3) is 5.48. The minimum atomic E-state index is -0.926. The lowest BCUT2D eigenvalue weighted by atomic mass is 9.58. The molecule has 6 aliphatic rings. The fraction of sp³-hybridized carbons (Fsp3) is 0.815. The summed E-state index contributed by atoms with van der Waals surface area (Å²) in [5.41, 5.74) is -0.748. The van der Waals surface area contributed by atoms with Crippen LogP contribution in [-0.2, 0) is 52.8 Å². The lowest BCUT2D eigenvalue weighted by Crippen LogP contribution is -2.70. The summed E-state index contributed by atoms with van der Waals surface area (Å²) in [6.07, 6.45) is 1.89. The van der Waals surface area contributed by atoms with Gasteiger partial charge in [-0.2, -0.15) is 0 Å². The van der Waals surface area contributed by atoms with Crippen LogP contribution in [0.3, 0.4) is 0 Å². The first-order valence-corrected chi connectivity index (χ1v) is 14.3. The highest BCUT2D eigenvalue weighted by Crippen LogP contribution is 2.60. The minimum Gasteiger partial charge on any atom is -0.435 e. The van der Waals surface area contributed by atoms with Gasteiger partial charge in [-0.15, -0.1) is 5.06 Å². The number of esters is 1. The van der Waals surface area contributed by atoms with Crippen molar-refractivity contribution in [2.75, 3.05) is 6.54 Å². The smallest absolute Gasteiger partial charge is 0.333 e.